The highest BCUT2D eigenvalue weighted by atomic mass is 16.6. The first-order valence-electron chi connectivity index (χ1n) is 8.40. The molecule has 1 aromatic rings. The Bertz CT molecular complexity index is 678. The van der Waals surface area contributed by atoms with E-state index in [1.165, 1.54) is 36.8 Å². The Balaban J connectivity index is 1.81. The first-order chi connectivity index (χ1) is 10.8. The minimum absolute atomic E-state index is 0.0457. The normalized spacial score (nSPS) is 37.0. The third-order valence-electron chi connectivity index (χ3n) is 6.54. The Morgan fingerprint density at radius 2 is 2.14 bits per heavy atom. The van der Waals surface area contributed by atoms with Gasteiger partial charge in [-0.1, -0.05) is 12.5 Å². The van der Waals surface area contributed by atoms with Gasteiger partial charge in [-0.2, -0.15) is 0 Å². The van der Waals surface area contributed by atoms with E-state index < -0.39 is 0 Å². The zero-order chi connectivity index (χ0) is 14.9. The Morgan fingerprint density at radius 3 is 2.95 bits per heavy atom. The number of ether oxygens (including phenoxy) is 3. The van der Waals surface area contributed by atoms with Crippen LogP contribution < -0.4 is 9.47 Å². The van der Waals surface area contributed by atoms with Gasteiger partial charge in [0.05, 0.1) is 14.2 Å². The molecular weight excluding hydrogens is 276 g/mol. The topological polar surface area (TPSA) is 27.7 Å². The lowest BCUT2D eigenvalue weighted by Crippen LogP contribution is -2.55. The van der Waals surface area contributed by atoms with Crippen LogP contribution in [0.15, 0.2) is 24.0 Å². The molecule has 3 nitrogen and oxygen atoms in total. The second kappa shape index (κ2) is 4.21. The van der Waals surface area contributed by atoms with Crippen molar-refractivity contribution in [3.63, 3.8) is 0 Å². The molecule has 1 saturated carbocycles. The molecule has 0 N–H and O–H groups in total. The molecule has 1 heterocycles. The van der Waals surface area contributed by atoms with E-state index in [-0.39, 0.29) is 11.5 Å². The Labute approximate surface area is 131 Å². The fourth-order valence-electron chi connectivity index (χ4n) is 5.80. The van der Waals surface area contributed by atoms with Crippen LogP contribution in [0.2, 0.25) is 0 Å². The average Bonchev–Trinajstić information content (AvgIpc) is 2.88. The van der Waals surface area contributed by atoms with Crippen molar-refractivity contribution in [2.45, 2.75) is 43.6 Å². The lowest BCUT2D eigenvalue weighted by Gasteiger charge is -2.53. The van der Waals surface area contributed by atoms with Gasteiger partial charge in [0.25, 0.3) is 0 Å². The van der Waals surface area contributed by atoms with E-state index in [4.69, 9.17) is 14.2 Å². The van der Waals surface area contributed by atoms with Crippen LogP contribution in [0.25, 0.3) is 0 Å². The van der Waals surface area contributed by atoms with Gasteiger partial charge in [-0.15, -0.1) is 0 Å². The van der Waals surface area contributed by atoms with Gasteiger partial charge in [-0.3, -0.25) is 0 Å². The van der Waals surface area contributed by atoms with Crippen LogP contribution in [-0.2, 0) is 16.6 Å². The van der Waals surface area contributed by atoms with Crippen LogP contribution in [0.4, 0.5) is 0 Å². The van der Waals surface area contributed by atoms with Crippen LogP contribution >= 0.6 is 0 Å². The molecule has 1 fully saturated rings. The van der Waals surface area contributed by atoms with Gasteiger partial charge < -0.3 is 14.2 Å². The summed E-state index contributed by atoms with van der Waals surface area (Å²) in [5.74, 6) is 4.37. The van der Waals surface area contributed by atoms with E-state index in [1.807, 2.05) is 0 Å². The molecular formula is C19H22O3. The molecule has 0 aromatic heterocycles. The molecule has 1 spiro atoms. The number of hydrogen-bond acceptors (Lipinski definition) is 3. The minimum Gasteiger partial charge on any atom is -0.497 e. The highest BCUT2D eigenvalue weighted by Crippen LogP contribution is 2.65. The Hall–Kier alpha value is -1.64. The summed E-state index contributed by atoms with van der Waals surface area (Å²) >= 11 is 0. The third-order valence-corrected chi connectivity index (χ3v) is 6.54. The molecule has 0 amide bonds. The van der Waals surface area contributed by atoms with E-state index in [1.54, 1.807) is 14.2 Å². The molecule has 5 rings (SSSR count). The molecule has 4 aliphatic rings. The zero-order valence-corrected chi connectivity index (χ0v) is 13.2. The fraction of sp³-hybridized carbons (Fsp3) is 0.579. The van der Waals surface area contributed by atoms with Gasteiger partial charge in [0.1, 0.15) is 5.76 Å². The quantitative estimate of drug-likeness (QED) is 0.835. The second-order valence-electron chi connectivity index (χ2n) is 7.18. The molecule has 4 atom stereocenters. The number of hydrogen-bond donors (Lipinski definition) is 0. The number of allylic oxidation sites excluding steroid dienone is 1. The summed E-state index contributed by atoms with van der Waals surface area (Å²) in [6.07, 6.45) is 8.52. The molecule has 3 heteroatoms. The van der Waals surface area contributed by atoms with Crippen LogP contribution in [0.3, 0.4) is 0 Å². The smallest absolute Gasteiger partial charge is 0.166 e. The SMILES string of the molecule is COC1=CCC2C3CCC[C@]24c2c(ccc(OC)c2OC14)C3. The van der Waals surface area contributed by atoms with Crippen LogP contribution in [0.1, 0.15) is 36.8 Å². The maximum Gasteiger partial charge on any atom is 0.166 e. The van der Waals surface area contributed by atoms with Crippen molar-refractivity contribution in [2.75, 3.05) is 14.2 Å². The van der Waals surface area contributed by atoms with Gasteiger partial charge in [0.2, 0.25) is 0 Å². The third kappa shape index (κ3) is 1.30. The highest BCUT2D eigenvalue weighted by molar-refractivity contribution is 5.61. The zero-order valence-electron chi connectivity index (χ0n) is 13.2. The molecule has 3 unspecified atom stereocenters. The van der Waals surface area contributed by atoms with Crippen molar-refractivity contribution in [3.05, 3.63) is 35.1 Å². The highest BCUT2D eigenvalue weighted by Gasteiger charge is 2.63. The van der Waals surface area contributed by atoms with Crippen molar-refractivity contribution in [1.29, 1.82) is 0 Å². The van der Waals surface area contributed by atoms with Crippen LogP contribution in [-0.4, -0.2) is 20.3 Å². The number of benzene rings is 1. The van der Waals surface area contributed by atoms with Gasteiger partial charge in [-0.05, 0) is 55.2 Å². The molecule has 2 bridgehead atoms. The lowest BCUT2D eigenvalue weighted by atomic mass is 9.49. The fourth-order valence-corrected chi connectivity index (χ4v) is 5.80. The van der Waals surface area contributed by atoms with Crippen molar-refractivity contribution in [3.8, 4) is 11.5 Å². The van der Waals surface area contributed by atoms with E-state index in [2.05, 4.69) is 18.2 Å². The summed E-state index contributed by atoms with van der Waals surface area (Å²) in [7, 11) is 3.51. The first kappa shape index (κ1) is 12.9. The summed E-state index contributed by atoms with van der Waals surface area (Å²) in [5, 5.41) is 0. The van der Waals surface area contributed by atoms with Gasteiger partial charge in [0.15, 0.2) is 17.6 Å². The molecule has 1 aromatic carbocycles. The van der Waals surface area contributed by atoms with Gasteiger partial charge in [-0.25, -0.2) is 0 Å². The predicted molar refractivity (Wildman–Crippen MR) is 83.3 cm³/mol. The van der Waals surface area contributed by atoms with E-state index in [9.17, 15) is 0 Å². The van der Waals surface area contributed by atoms with E-state index in [0.717, 1.165) is 29.6 Å². The summed E-state index contributed by atoms with van der Waals surface area (Å²) in [6.45, 7) is 0. The van der Waals surface area contributed by atoms with Crippen molar-refractivity contribution >= 4 is 0 Å². The Morgan fingerprint density at radius 1 is 1.23 bits per heavy atom. The maximum absolute atomic E-state index is 6.49. The maximum atomic E-state index is 6.49. The van der Waals surface area contributed by atoms with E-state index in [0.29, 0.717) is 5.92 Å². The average molecular weight is 298 g/mol. The largest absolute Gasteiger partial charge is 0.497 e. The molecule has 116 valence electrons. The minimum atomic E-state index is 0.0457. The molecule has 0 saturated heterocycles. The summed E-state index contributed by atoms with van der Waals surface area (Å²) in [5.41, 5.74) is 3.05. The first-order valence-corrected chi connectivity index (χ1v) is 8.40. The van der Waals surface area contributed by atoms with Crippen molar-refractivity contribution in [2.24, 2.45) is 11.8 Å². The predicted octanol–water partition coefficient (Wildman–Crippen LogP) is 3.60. The van der Waals surface area contributed by atoms with Gasteiger partial charge in [0, 0.05) is 11.0 Å². The van der Waals surface area contributed by atoms with Crippen LogP contribution in [0, 0.1) is 11.8 Å². The summed E-state index contributed by atoms with van der Waals surface area (Å²) in [4.78, 5) is 0. The Kier molecular flexibility index (Phi) is 2.46. The molecule has 22 heavy (non-hydrogen) atoms. The number of methoxy groups -OCH3 is 2. The second-order valence-corrected chi connectivity index (χ2v) is 7.18. The molecule has 0 radical (unpaired) electrons. The molecule has 3 aliphatic carbocycles. The standard InChI is InChI=1S/C19H22O3/c1-20-14-7-5-12-10-11-4-3-9-19-13(11)6-8-15(21-2)18(19)22-17(14)16(12)19/h5,7-8,11,13,18H,3-4,6,9-10H2,1-2H3/t11?,13?,18?,19-/m1/s1. The summed E-state index contributed by atoms with van der Waals surface area (Å²) in [6, 6.07) is 4.35. The summed E-state index contributed by atoms with van der Waals surface area (Å²) < 4.78 is 17.8. The lowest BCUT2D eigenvalue weighted by molar-refractivity contribution is 0.00262. The van der Waals surface area contributed by atoms with Crippen molar-refractivity contribution < 1.29 is 14.2 Å². The monoisotopic (exact) mass is 298 g/mol. The van der Waals surface area contributed by atoms with Crippen molar-refractivity contribution in [1.82, 2.24) is 0 Å². The van der Waals surface area contributed by atoms with E-state index >= 15 is 0 Å². The van der Waals surface area contributed by atoms with Crippen LogP contribution in [0.5, 0.6) is 11.5 Å². The molecule has 1 aliphatic heterocycles. The van der Waals surface area contributed by atoms with Gasteiger partial charge >= 0.3 is 0 Å². The number of rotatable bonds is 2.